The van der Waals surface area contributed by atoms with E-state index in [1.54, 1.807) is 17.7 Å². The van der Waals surface area contributed by atoms with Gasteiger partial charge in [0.25, 0.3) is 0 Å². The maximum atomic E-state index is 4.31. The van der Waals surface area contributed by atoms with Gasteiger partial charge in [0.1, 0.15) is 12.2 Å². The van der Waals surface area contributed by atoms with Crippen molar-refractivity contribution in [2.45, 2.75) is 26.3 Å². The van der Waals surface area contributed by atoms with Gasteiger partial charge in [-0.3, -0.25) is 4.68 Å². The molecule has 0 saturated carbocycles. The van der Waals surface area contributed by atoms with Gasteiger partial charge >= 0.3 is 0 Å². The van der Waals surface area contributed by atoms with Gasteiger partial charge in [0.15, 0.2) is 0 Å². The van der Waals surface area contributed by atoms with Crippen molar-refractivity contribution in [3.05, 3.63) is 28.2 Å². The third kappa shape index (κ3) is 2.70. The van der Waals surface area contributed by atoms with Crippen LogP contribution >= 0.6 is 11.3 Å². The summed E-state index contributed by atoms with van der Waals surface area (Å²) in [6.07, 6.45) is 2.44. The zero-order valence-corrected chi connectivity index (χ0v) is 11.2. The molecule has 0 radical (unpaired) electrons. The molecule has 1 N–H and O–H groups in total. The summed E-state index contributed by atoms with van der Waals surface area (Å²) in [6.45, 7) is 5.09. The molecule has 17 heavy (non-hydrogen) atoms. The van der Waals surface area contributed by atoms with Crippen molar-refractivity contribution in [3.8, 4) is 0 Å². The van der Waals surface area contributed by atoms with Gasteiger partial charge in [-0.05, 0) is 13.5 Å². The van der Waals surface area contributed by atoms with E-state index < -0.39 is 0 Å². The van der Waals surface area contributed by atoms with Gasteiger partial charge in [0.2, 0.25) is 0 Å². The van der Waals surface area contributed by atoms with Gasteiger partial charge in [-0.15, -0.1) is 11.3 Å². The summed E-state index contributed by atoms with van der Waals surface area (Å²) < 4.78 is 1.82. The van der Waals surface area contributed by atoms with Gasteiger partial charge in [-0.25, -0.2) is 9.97 Å². The van der Waals surface area contributed by atoms with E-state index in [1.165, 1.54) is 4.88 Å². The number of nitrogens with zero attached hydrogens (tertiary/aromatic N) is 4. The molecule has 0 spiro atoms. The highest BCUT2D eigenvalue weighted by atomic mass is 32.1. The zero-order valence-electron chi connectivity index (χ0n) is 10.3. The van der Waals surface area contributed by atoms with Crippen LogP contribution in [-0.2, 0) is 13.5 Å². The summed E-state index contributed by atoms with van der Waals surface area (Å²) in [5.41, 5.74) is 2.99. The molecule has 0 aliphatic rings. The average Bonchev–Trinajstić information content (AvgIpc) is 2.88. The van der Waals surface area contributed by atoms with E-state index in [1.807, 2.05) is 24.2 Å². The Bertz CT molecular complexity index is 476. The van der Waals surface area contributed by atoms with Crippen molar-refractivity contribution in [2.24, 2.45) is 7.05 Å². The molecule has 2 heterocycles. The van der Waals surface area contributed by atoms with E-state index in [0.29, 0.717) is 0 Å². The largest absolute Gasteiger partial charge is 0.309 e. The lowest BCUT2D eigenvalue weighted by Gasteiger charge is -2.16. The fourth-order valence-corrected chi connectivity index (χ4v) is 2.72. The molecule has 2 rings (SSSR count). The molecule has 2 aromatic heterocycles. The molecule has 1 atom stereocenters. The van der Waals surface area contributed by atoms with Crippen LogP contribution in [-0.4, -0.2) is 26.3 Å². The lowest BCUT2D eigenvalue weighted by Crippen LogP contribution is -2.24. The Morgan fingerprint density at radius 2 is 2.29 bits per heavy atom. The highest BCUT2D eigenvalue weighted by Gasteiger charge is 2.17. The molecule has 1 unspecified atom stereocenters. The summed E-state index contributed by atoms with van der Waals surface area (Å²) in [5, 5.41) is 7.58. The number of hydrogen-bond donors (Lipinski definition) is 1. The SMILES string of the molecule is CCNC(Cc1ncnn1C)c1scnc1C. The van der Waals surface area contributed by atoms with E-state index in [9.17, 15) is 0 Å². The molecule has 0 saturated heterocycles. The molecule has 6 heteroatoms. The normalized spacial score (nSPS) is 12.9. The molecule has 0 bridgehead atoms. The van der Waals surface area contributed by atoms with Crippen LogP contribution in [0, 0.1) is 6.92 Å². The van der Waals surface area contributed by atoms with Crippen LogP contribution in [0.1, 0.15) is 29.4 Å². The van der Waals surface area contributed by atoms with Gasteiger partial charge < -0.3 is 5.32 Å². The number of nitrogens with one attached hydrogen (secondary N) is 1. The van der Waals surface area contributed by atoms with Crippen LogP contribution in [0.2, 0.25) is 0 Å². The summed E-state index contributed by atoms with van der Waals surface area (Å²) in [6, 6.07) is 0.274. The monoisotopic (exact) mass is 251 g/mol. The third-order valence-corrected chi connectivity index (χ3v) is 3.79. The van der Waals surface area contributed by atoms with Crippen LogP contribution < -0.4 is 5.32 Å². The molecule has 2 aromatic rings. The first-order chi connectivity index (χ1) is 8.22. The molecule has 0 aromatic carbocycles. The first kappa shape index (κ1) is 12.2. The number of aromatic nitrogens is 4. The number of likely N-dealkylation sites (N-methyl/N-ethyl adjacent to an activating group) is 1. The van der Waals surface area contributed by atoms with Crippen LogP contribution in [0.15, 0.2) is 11.8 Å². The predicted octanol–water partition coefficient (Wildman–Crippen LogP) is 1.47. The minimum atomic E-state index is 0.274. The minimum Gasteiger partial charge on any atom is -0.309 e. The fourth-order valence-electron chi connectivity index (χ4n) is 1.84. The Kier molecular flexibility index (Phi) is 3.86. The smallest absolute Gasteiger partial charge is 0.138 e. The molecule has 0 aliphatic carbocycles. The van der Waals surface area contributed by atoms with E-state index in [4.69, 9.17) is 0 Å². The van der Waals surface area contributed by atoms with Crippen molar-refractivity contribution >= 4 is 11.3 Å². The number of aryl methyl sites for hydroxylation is 2. The fraction of sp³-hybridized carbons (Fsp3) is 0.545. The van der Waals surface area contributed by atoms with Crippen molar-refractivity contribution < 1.29 is 0 Å². The first-order valence-corrected chi connectivity index (χ1v) is 6.56. The number of thiazole rings is 1. The van der Waals surface area contributed by atoms with Crippen molar-refractivity contribution in [2.75, 3.05) is 6.54 Å². The summed E-state index contributed by atoms with van der Waals surface area (Å²) in [7, 11) is 1.92. The lowest BCUT2D eigenvalue weighted by atomic mass is 10.1. The first-order valence-electron chi connectivity index (χ1n) is 5.68. The Hall–Kier alpha value is -1.27. The minimum absolute atomic E-state index is 0.274. The molecule has 0 aliphatic heterocycles. The standard InChI is InChI=1S/C11H17N5S/c1-4-12-9(11-8(2)14-7-17-11)5-10-13-6-15-16(10)3/h6-7,9,12H,4-5H2,1-3H3. The van der Waals surface area contributed by atoms with Crippen molar-refractivity contribution in [1.29, 1.82) is 0 Å². The van der Waals surface area contributed by atoms with Crippen molar-refractivity contribution in [1.82, 2.24) is 25.1 Å². The quantitative estimate of drug-likeness (QED) is 0.874. The van der Waals surface area contributed by atoms with Gasteiger partial charge in [0.05, 0.1) is 17.2 Å². The summed E-state index contributed by atoms with van der Waals surface area (Å²) in [5.74, 6) is 0.990. The molecular weight excluding hydrogens is 234 g/mol. The van der Waals surface area contributed by atoms with E-state index in [-0.39, 0.29) is 6.04 Å². The second-order valence-corrected chi connectivity index (χ2v) is 4.80. The van der Waals surface area contributed by atoms with Crippen LogP contribution in [0.5, 0.6) is 0 Å². The van der Waals surface area contributed by atoms with Crippen LogP contribution in [0.3, 0.4) is 0 Å². The van der Waals surface area contributed by atoms with Gasteiger partial charge in [0, 0.05) is 18.3 Å². The van der Waals surface area contributed by atoms with Crippen molar-refractivity contribution in [3.63, 3.8) is 0 Å². The maximum Gasteiger partial charge on any atom is 0.138 e. The molecule has 0 fully saturated rings. The van der Waals surface area contributed by atoms with E-state index in [2.05, 4.69) is 27.3 Å². The molecule has 92 valence electrons. The Labute approximate surface area is 105 Å². The highest BCUT2D eigenvalue weighted by Crippen LogP contribution is 2.24. The topological polar surface area (TPSA) is 55.6 Å². The zero-order chi connectivity index (χ0) is 12.3. The molecule has 5 nitrogen and oxygen atoms in total. The third-order valence-electron chi connectivity index (χ3n) is 2.74. The van der Waals surface area contributed by atoms with Crippen LogP contribution in [0.4, 0.5) is 0 Å². The number of rotatable bonds is 5. The van der Waals surface area contributed by atoms with E-state index >= 15 is 0 Å². The Morgan fingerprint density at radius 1 is 1.47 bits per heavy atom. The van der Waals surface area contributed by atoms with Gasteiger partial charge in [-0.1, -0.05) is 6.92 Å². The highest BCUT2D eigenvalue weighted by molar-refractivity contribution is 7.09. The summed E-state index contributed by atoms with van der Waals surface area (Å²) >= 11 is 1.69. The predicted molar refractivity (Wildman–Crippen MR) is 68.0 cm³/mol. The number of hydrogen-bond acceptors (Lipinski definition) is 5. The second-order valence-electron chi connectivity index (χ2n) is 3.92. The summed E-state index contributed by atoms with van der Waals surface area (Å²) in [4.78, 5) is 9.87. The molecule has 0 amide bonds. The van der Waals surface area contributed by atoms with E-state index in [0.717, 1.165) is 24.5 Å². The maximum absolute atomic E-state index is 4.31. The Balaban J connectivity index is 2.19. The van der Waals surface area contributed by atoms with Gasteiger partial charge in [-0.2, -0.15) is 5.10 Å². The molecular formula is C11H17N5S. The lowest BCUT2D eigenvalue weighted by molar-refractivity contribution is 0.526. The average molecular weight is 251 g/mol. The van der Waals surface area contributed by atoms with Crippen LogP contribution in [0.25, 0.3) is 0 Å². The Morgan fingerprint density at radius 3 is 2.82 bits per heavy atom. The second kappa shape index (κ2) is 5.37.